The fourth-order valence-corrected chi connectivity index (χ4v) is 10.8. The fraction of sp³-hybridized carbons (Fsp3) is 1.00. The van der Waals surface area contributed by atoms with Gasteiger partial charge in [-0.05, 0) is 0 Å². The van der Waals surface area contributed by atoms with Gasteiger partial charge in [0, 0.05) is 0 Å². The maximum absolute atomic E-state index is 2.45. The minimum atomic E-state index is -0.432. The van der Waals surface area contributed by atoms with Crippen molar-refractivity contribution in [1.29, 1.82) is 0 Å². The predicted molar refractivity (Wildman–Crippen MR) is 78.1 cm³/mol. The molecule has 0 radical (unpaired) electrons. The van der Waals surface area contributed by atoms with Crippen LogP contribution in [0.25, 0.3) is 0 Å². The zero-order chi connectivity index (χ0) is 10.7. The summed E-state index contributed by atoms with van der Waals surface area (Å²) >= 11 is -0.432. The summed E-state index contributed by atoms with van der Waals surface area (Å²) in [7, 11) is 0. The van der Waals surface area contributed by atoms with Crippen LogP contribution in [0.3, 0.4) is 0 Å². The van der Waals surface area contributed by atoms with Crippen molar-refractivity contribution in [3.05, 3.63) is 0 Å². The normalized spacial score (nSPS) is 36.8. The summed E-state index contributed by atoms with van der Waals surface area (Å²) in [6.07, 6.45) is 9.37. The van der Waals surface area contributed by atoms with Crippen molar-refractivity contribution in [2.24, 2.45) is 17.8 Å². The van der Waals surface area contributed by atoms with Crippen molar-refractivity contribution in [3.8, 4) is 0 Å². The molecule has 1 aliphatic heterocycles. The number of halogens is 1. The van der Waals surface area contributed by atoms with E-state index in [9.17, 15) is 0 Å². The van der Waals surface area contributed by atoms with E-state index in [2.05, 4.69) is 13.8 Å². The summed E-state index contributed by atoms with van der Waals surface area (Å²) in [5.41, 5.74) is 0. The van der Waals surface area contributed by atoms with Crippen LogP contribution < -0.4 is 0 Å². The molecule has 2 fully saturated rings. The molecule has 1 heterocycles. The predicted octanol–water partition coefficient (Wildman–Crippen LogP) is 4.75. The van der Waals surface area contributed by atoms with Crippen LogP contribution in [0.5, 0.6) is 0 Å². The third-order valence-corrected chi connectivity index (χ3v) is 11.1. The molecule has 0 bridgehead atoms. The number of alkyl halides is 3. The van der Waals surface area contributed by atoms with Gasteiger partial charge in [-0.2, -0.15) is 0 Å². The summed E-state index contributed by atoms with van der Waals surface area (Å²) in [6, 6.07) is 0. The van der Waals surface area contributed by atoms with Crippen molar-refractivity contribution in [2.45, 2.75) is 52.4 Å². The molecule has 0 aromatic carbocycles. The molecule has 2 aliphatic rings. The van der Waals surface area contributed by atoms with Gasteiger partial charge in [0.25, 0.3) is 0 Å². The molecule has 0 amide bonds. The second kappa shape index (κ2) is 5.88. The molecular formula is C14H27I. The molecule has 1 aliphatic carbocycles. The van der Waals surface area contributed by atoms with Crippen LogP contribution in [0.4, 0.5) is 0 Å². The second-order valence-electron chi connectivity index (χ2n) is 5.91. The average Bonchev–Trinajstić information content (AvgIpc) is 2.25. The summed E-state index contributed by atoms with van der Waals surface area (Å²) in [6.45, 7) is 4.90. The van der Waals surface area contributed by atoms with Crippen molar-refractivity contribution >= 4 is 19.8 Å². The first-order valence-corrected chi connectivity index (χ1v) is 11.4. The Morgan fingerprint density at radius 2 is 1.33 bits per heavy atom. The average molecular weight is 322 g/mol. The molecule has 2 rings (SSSR count). The van der Waals surface area contributed by atoms with E-state index in [1.54, 1.807) is 39.0 Å². The summed E-state index contributed by atoms with van der Waals surface area (Å²) in [5.74, 6) is 3.26. The summed E-state index contributed by atoms with van der Waals surface area (Å²) < 4.78 is 5.11. The van der Waals surface area contributed by atoms with Gasteiger partial charge in [-0.15, -0.1) is 0 Å². The molecule has 0 unspecified atom stereocenters. The molecule has 0 nitrogen and oxygen atoms in total. The van der Waals surface area contributed by atoms with Crippen LogP contribution in [-0.2, 0) is 0 Å². The first-order valence-electron chi connectivity index (χ1n) is 6.81. The molecule has 90 valence electrons. The Kier molecular flexibility index (Phi) is 4.78. The van der Waals surface area contributed by atoms with Gasteiger partial charge in [0.2, 0.25) is 0 Å². The molecule has 0 aromatic rings. The number of hydrogen-bond acceptors (Lipinski definition) is 0. The Morgan fingerprint density at radius 1 is 0.800 bits per heavy atom. The molecule has 0 atom stereocenters. The fourth-order valence-electron chi connectivity index (χ4n) is 2.87. The first kappa shape index (κ1) is 12.2. The monoisotopic (exact) mass is 322 g/mol. The Bertz CT molecular complexity index is 154. The van der Waals surface area contributed by atoms with Crippen molar-refractivity contribution in [1.82, 2.24) is 0 Å². The van der Waals surface area contributed by atoms with Crippen LogP contribution in [0.1, 0.15) is 52.4 Å². The standard InChI is InChI=1S/C14H27I/c1-12-3-5-14(6-4-12)11-15-9-7-13(2)8-10-15/h12-14H,3-11H2,1-2H3. The van der Waals surface area contributed by atoms with Gasteiger partial charge in [-0.3, -0.25) is 0 Å². The van der Waals surface area contributed by atoms with Crippen molar-refractivity contribution in [3.63, 3.8) is 0 Å². The molecule has 1 heteroatoms. The van der Waals surface area contributed by atoms with Crippen LogP contribution in [0.2, 0.25) is 0 Å². The van der Waals surface area contributed by atoms with E-state index in [1.165, 1.54) is 18.8 Å². The SMILES string of the molecule is CC1CCC(CI2CCC(C)CC2)CC1. The zero-order valence-electron chi connectivity index (χ0n) is 10.5. The Labute approximate surface area is 103 Å². The van der Waals surface area contributed by atoms with Crippen LogP contribution >= 0.6 is 19.8 Å². The van der Waals surface area contributed by atoms with Gasteiger partial charge in [0.1, 0.15) is 0 Å². The summed E-state index contributed by atoms with van der Waals surface area (Å²) in [5, 5.41) is 0. The quantitative estimate of drug-likeness (QED) is 0.508. The van der Waals surface area contributed by atoms with Crippen molar-refractivity contribution in [2.75, 3.05) is 13.3 Å². The van der Waals surface area contributed by atoms with Crippen molar-refractivity contribution < 1.29 is 0 Å². The topological polar surface area (TPSA) is 0 Å². The molecule has 15 heavy (non-hydrogen) atoms. The number of rotatable bonds is 2. The van der Waals surface area contributed by atoms with Gasteiger partial charge in [-0.1, -0.05) is 0 Å². The zero-order valence-corrected chi connectivity index (χ0v) is 12.6. The van der Waals surface area contributed by atoms with E-state index in [0.29, 0.717) is 0 Å². The molecule has 1 saturated carbocycles. The molecular weight excluding hydrogens is 295 g/mol. The van der Waals surface area contributed by atoms with E-state index >= 15 is 0 Å². The molecule has 0 aromatic heterocycles. The Morgan fingerprint density at radius 3 is 1.93 bits per heavy atom. The van der Waals surface area contributed by atoms with Gasteiger partial charge < -0.3 is 0 Å². The van der Waals surface area contributed by atoms with Crippen LogP contribution in [0, 0.1) is 17.8 Å². The Balaban J connectivity index is 1.68. The van der Waals surface area contributed by atoms with Gasteiger partial charge in [0.15, 0.2) is 0 Å². The van der Waals surface area contributed by atoms with E-state index < -0.39 is 19.8 Å². The summed E-state index contributed by atoms with van der Waals surface area (Å²) in [4.78, 5) is 0. The van der Waals surface area contributed by atoms with E-state index in [1.807, 2.05) is 0 Å². The maximum atomic E-state index is 2.45. The first-order chi connectivity index (χ1) is 7.24. The third-order valence-electron chi connectivity index (χ3n) is 4.31. The minimum absolute atomic E-state index is 0.432. The molecule has 0 N–H and O–H groups in total. The van der Waals surface area contributed by atoms with Gasteiger partial charge in [-0.25, -0.2) is 0 Å². The van der Waals surface area contributed by atoms with Crippen LogP contribution in [-0.4, -0.2) is 13.3 Å². The second-order valence-corrected chi connectivity index (χ2v) is 12.2. The van der Waals surface area contributed by atoms with E-state index in [-0.39, 0.29) is 0 Å². The Hall–Kier alpha value is 0.730. The van der Waals surface area contributed by atoms with E-state index in [4.69, 9.17) is 0 Å². The van der Waals surface area contributed by atoms with Gasteiger partial charge >= 0.3 is 103 Å². The molecule has 1 saturated heterocycles. The third kappa shape index (κ3) is 3.90. The number of hydrogen-bond donors (Lipinski definition) is 0. The van der Waals surface area contributed by atoms with E-state index in [0.717, 1.165) is 11.8 Å². The van der Waals surface area contributed by atoms with Crippen LogP contribution in [0.15, 0.2) is 0 Å². The van der Waals surface area contributed by atoms with Gasteiger partial charge in [0.05, 0.1) is 0 Å². The molecule has 0 spiro atoms.